The molecule has 1 saturated heterocycles. The lowest BCUT2D eigenvalue weighted by molar-refractivity contribution is 0.168. The average Bonchev–Trinajstić information content (AvgIpc) is 2.73. The standard InChI is InChI=1S/C12H18N2O2/c1-9(2)16-11-6-3-5-10(12(11)13)14-7-4-8-15-14/h3,5-6,9H,4,7-8,13H2,1-2H3. The Morgan fingerprint density at radius 2 is 2.25 bits per heavy atom. The highest BCUT2D eigenvalue weighted by molar-refractivity contribution is 5.73. The third kappa shape index (κ3) is 2.22. The maximum absolute atomic E-state index is 6.06. The summed E-state index contributed by atoms with van der Waals surface area (Å²) in [4.78, 5) is 5.48. The Labute approximate surface area is 95.9 Å². The van der Waals surface area contributed by atoms with Crippen molar-refractivity contribution in [1.29, 1.82) is 0 Å². The molecule has 1 aromatic rings. The second-order valence-electron chi connectivity index (χ2n) is 4.14. The minimum Gasteiger partial charge on any atom is -0.489 e. The number of para-hydroxylation sites is 1. The van der Waals surface area contributed by atoms with Crippen molar-refractivity contribution < 1.29 is 9.57 Å². The molecule has 1 aromatic carbocycles. The molecule has 2 rings (SSSR count). The zero-order chi connectivity index (χ0) is 11.5. The highest BCUT2D eigenvalue weighted by atomic mass is 16.7. The molecule has 1 fully saturated rings. The molecule has 4 heteroatoms. The van der Waals surface area contributed by atoms with Crippen molar-refractivity contribution in [2.45, 2.75) is 26.4 Å². The maximum Gasteiger partial charge on any atom is 0.144 e. The molecular weight excluding hydrogens is 204 g/mol. The fourth-order valence-electron chi connectivity index (χ4n) is 1.74. The molecule has 0 amide bonds. The summed E-state index contributed by atoms with van der Waals surface area (Å²) in [5.74, 6) is 0.725. The summed E-state index contributed by atoms with van der Waals surface area (Å²) in [5.41, 5.74) is 7.61. The molecule has 1 aliphatic rings. The zero-order valence-electron chi connectivity index (χ0n) is 9.77. The Morgan fingerprint density at radius 3 is 2.88 bits per heavy atom. The van der Waals surface area contributed by atoms with Crippen LogP contribution in [0.3, 0.4) is 0 Å². The fraction of sp³-hybridized carbons (Fsp3) is 0.500. The van der Waals surface area contributed by atoms with Crippen LogP contribution in [0.2, 0.25) is 0 Å². The van der Waals surface area contributed by atoms with E-state index in [9.17, 15) is 0 Å². The molecule has 0 spiro atoms. The van der Waals surface area contributed by atoms with E-state index < -0.39 is 0 Å². The van der Waals surface area contributed by atoms with Gasteiger partial charge in [0.25, 0.3) is 0 Å². The van der Waals surface area contributed by atoms with E-state index in [1.165, 1.54) is 0 Å². The number of hydroxylamine groups is 1. The molecule has 0 aromatic heterocycles. The van der Waals surface area contributed by atoms with E-state index in [0.29, 0.717) is 5.69 Å². The lowest BCUT2D eigenvalue weighted by atomic mass is 10.2. The third-order valence-electron chi connectivity index (χ3n) is 2.43. The van der Waals surface area contributed by atoms with Gasteiger partial charge >= 0.3 is 0 Å². The number of nitrogens with zero attached hydrogens (tertiary/aromatic N) is 1. The van der Waals surface area contributed by atoms with Crippen LogP contribution in [-0.2, 0) is 4.84 Å². The van der Waals surface area contributed by atoms with Gasteiger partial charge < -0.3 is 10.5 Å². The smallest absolute Gasteiger partial charge is 0.144 e. The van der Waals surface area contributed by atoms with E-state index >= 15 is 0 Å². The first kappa shape index (κ1) is 11.1. The number of anilines is 2. The quantitative estimate of drug-likeness (QED) is 0.796. The van der Waals surface area contributed by atoms with Gasteiger partial charge in [-0.15, -0.1) is 0 Å². The van der Waals surface area contributed by atoms with Crippen LogP contribution >= 0.6 is 0 Å². The molecule has 0 radical (unpaired) electrons. The lowest BCUT2D eigenvalue weighted by Crippen LogP contribution is -2.18. The van der Waals surface area contributed by atoms with E-state index in [1.54, 1.807) is 0 Å². The highest BCUT2D eigenvalue weighted by Gasteiger charge is 2.18. The van der Waals surface area contributed by atoms with Gasteiger partial charge in [0.2, 0.25) is 0 Å². The summed E-state index contributed by atoms with van der Waals surface area (Å²) in [6.07, 6.45) is 1.16. The van der Waals surface area contributed by atoms with Crippen molar-refractivity contribution in [2.24, 2.45) is 0 Å². The van der Waals surface area contributed by atoms with Gasteiger partial charge in [0, 0.05) is 6.54 Å². The van der Waals surface area contributed by atoms with Gasteiger partial charge in [-0.1, -0.05) is 6.07 Å². The Bertz CT molecular complexity index is 360. The largest absolute Gasteiger partial charge is 0.489 e. The second-order valence-corrected chi connectivity index (χ2v) is 4.14. The predicted octanol–water partition coefficient (Wildman–Crippen LogP) is 2.20. The van der Waals surface area contributed by atoms with Crippen LogP contribution in [0.1, 0.15) is 20.3 Å². The molecule has 88 valence electrons. The summed E-state index contributed by atoms with van der Waals surface area (Å²) in [6.45, 7) is 5.61. The highest BCUT2D eigenvalue weighted by Crippen LogP contribution is 2.34. The summed E-state index contributed by atoms with van der Waals surface area (Å²) < 4.78 is 5.64. The van der Waals surface area contributed by atoms with Crippen molar-refractivity contribution in [3.63, 3.8) is 0 Å². The molecule has 1 aliphatic heterocycles. The molecule has 16 heavy (non-hydrogen) atoms. The summed E-state index contributed by atoms with van der Waals surface area (Å²) in [5, 5.41) is 1.84. The third-order valence-corrected chi connectivity index (χ3v) is 2.43. The number of hydrogen-bond donors (Lipinski definition) is 1. The summed E-state index contributed by atoms with van der Waals surface area (Å²) >= 11 is 0. The molecule has 1 heterocycles. The molecule has 2 N–H and O–H groups in total. The van der Waals surface area contributed by atoms with E-state index in [4.69, 9.17) is 15.3 Å². The summed E-state index contributed by atoms with van der Waals surface area (Å²) in [6, 6.07) is 5.77. The Balaban J connectivity index is 2.24. The first-order chi connectivity index (χ1) is 7.68. The Hall–Kier alpha value is -1.42. The molecule has 0 atom stereocenters. The first-order valence-corrected chi connectivity index (χ1v) is 5.64. The Morgan fingerprint density at radius 1 is 1.44 bits per heavy atom. The number of nitrogen functional groups attached to an aromatic ring is 1. The van der Waals surface area contributed by atoms with Crippen molar-refractivity contribution in [3.8, 4) is 5.75 Å². The van der Waals surface area contributed by atoms with Crippen LogP contribution < -0.4 is 15.5 Å². The zero-order valence-corrected chi connectivity index (χ0v) is 9.77. The van der Waals surface area contributed by atoms with Gasteiger partial charge in [-0.2, -0.15) is 0 Å². The minimum atomic E-state index is 0.122. The number of benzene rings is 1. The van der Waals surface area contributed by atoms with Gasteiger partial charge in [0.1, 0.15) is 11.4 Å². The van der Waals surface area contributed by atoms with Crippen LogP contribution in [0, 0.1) is 0 Å². The van der Waals surface area contributed by atoms with E-state index in [1.807, 2.05) is 37.1 Å². The number of rotatable bonds is 3. The maximum atomic E-state index is 6.06. The average molecular weight is 222 g/mol. The van der Waals surface area contributed by atoms with Crippen molar-refractivity contribution in [3.05, 3.63) is 18.2 Å². The molecule has 4 nitrogen and oxygen atoms in total. The number of ether oxygens (including phenoxy) is 1. The minimum absolute atomic E-state index is 0.122. The molecule has 0 bridgehead atoms. The van der Waals surface area contributed by atoms with E-state index in [-0.39, 0.29) is 6.10 Å². The van der Waals surface area contributed by atoms with Crippen LogP contribution in [0.15, 0.2) is 18.2 Å². The number of hydrogen-bond acceptors (Lipinski definition) is 4. The van der Waals surface area contributed by atoms with Gasteiger partial charge in [-0.3, -0.25) is 9.90 Å². The topological polar surface area (TPSA) is 47.7 Å². The van der Waals surface area contributed by atoms with Crippen LogP contribution in [0.5, 0.6) is 5.75 Å². The monoisotopic (exact) mass is 222 g/mol. The van der Waals surface area contributed by atoms with E-state index in [0.717, 1.165) is 31.0 Å². The van der Waals surface area contributed by atoms with Crippen LogP contribution in [0.4, 0.5) is 11.4 Å². The fourth-order valence-corrected chi connectivity index (χ4v) is 1.74. The first-order valence-electron chi connectivity index (χ1n) is 5.64. The van der Waals surface area contributed by atoms with Crippen LogP contribution in [-0.4, -0.2) is 19.3 Å². The second kappa shape index (κ2) is 4.61. The molecular formula is C12H18N2O2. The summed E-state index contributed by atoms with van der Waals surface area (Å²) in [7, 11) is 0. The predicted molar refractivity (Wildman–Crippen MR) is 64.5 cm³/mol. The van der Waals surface area contributed by atoms with Gasteiger partial charge in [-0.25, -0.2) is 0 Å². The lowest BCUT2D eigenvalue weighted by Gasteiger charge is -2.20. The van der Waals surface area contributed by atoms with Crippen molar-refractivity contribution in [1.82, 2.24) is 0 Å². The van der Waals surface area contributed by atoms with Gasteiger partial charge in [0.05, 0.1) is 18.4 Å². The number of nitrogens with two attached hydrogens (primary N) is 1. The van der Waals surface area contributed by atoms with Crippen molar-refractivity contribution >= 4 is 11.4 Å². The normalized spacial score (nSPS) is 15.8. The van der Waals surface area contributed by atoms with Gasteiger partial charge in [-0.05, 0) is 32.4 Å². The van der Waals surface area contributed by atoms with Crippen LogP contribution in [0.25, 0.3) is 0 Å². The molecule has 0 aliphatic carbocycles. The van der Waals surface area contributed by atoms with Crippen molar-refractivity contribution in [2.75, 3.05) is 23.9 Å². The van der Waals surface area contributed by atoms with E-state index in [2.05, 4.69) is 0 Å². The Kier molecular flexibility index (Phi) is 3.19. The van der Waals surface area contributed by atoms with Gasteiger partial charge in [0.15, 0.2) is 0 Å². The molecule has 0 unspecified atom stereocenters. The SMILES string of the molecule is CC(C)Oc1cccc(N2CCCO2)c1N. The molecule has 0 saturated carbocycles.